The van der Waals surface area contributed by atoms with Gasteiger partial charge in [-0.1, -0.05) is 24.6 Å². The molecule has 0 aromatic heterocycles. The van der Waals surface area contributed by atoms with Crippen LogP contribution >= 0.6 is 11.6 Å². The highest BCUT2D eigenvalue weighted by atomic mass is 35.5. The van der Waals surface area contributed by atoms with Gasteiger partial charge in [0.25, 0.3) is 0 Å². The summed E-state index contributed by atoms with van der Waals surface area (Å²) in [5.74, 6) is 0.419. The van der Waals surface area contributed by atoms with Crippen molar-refractivity contribution < 1.29 is 28.6 Å². The minimum Gasteiger partial charge on any atom is -0.457 e. The predicted octanol–water partition coefficient (Wildman–Crippen LogP) is 4.76. The maximum atomic E-state index is 12.2. The minimum absolute atomic E-state index is 0.233. The number of carbonyl (C=O) groups excluding carboxylic acids is 3. The number of halogens is 1. The van der Waals surface area contributed by atoms with Crippen molar-refractivity contribution in [3.63, 3.8) is 0 Å². The van der Waals surface area contributed by atoms with Crippen LogP contribution in [-0.2, 0) is 14.3 Å². The highest BCUT2D eigenvalue weighted by molar-refractivity contribution is 6.30. The zero-order chi connectivity index (χ0) is 23.5. The molecule has 32 heavy (non-hydrogen) atoms. The van der Waals surface area contributed by atoms with Gasteiger partial charge < -0.3 is 24.8 Å². The lowest BCUT2D eigenvalue weighted by molar-refractivity contribution is -0.116. The third-order valence-corrected chi connectivity index (χ3v) is 4.05. The molecule has 0 atom stereocenters. The van der Waals surface area contributed by atoms with Crippen LogP contribution in [0.15, 0.2) is 47.5 Å². The summed E-state index contributed by atoms with van der Waals surface area (Å²) in [4.78, 5) is 39.0. The Bertz CT molecular complexity index is 1010. The smallest absolute Gasteiger partial charge is 0.436 e. The fourth-order valence-corrected chi connectivity index (χ4v) is 2.59. The minimum atomic E-state index is -0.957. The molecule has 0 aliphatic carbocycles. The number of ether oxygens (including phenoxy) is 3. The number of nitrogens with zero attached hydrogens (tertiary/aromatic N) is 1. The maximum absolute atomic E-state index is 12.2. The molecule has 0 spiro atoms. The van der Waals surface area contributed by atoms with Crippen LogP contribution in [0.25, 0.3) is 0 Å². The SMILES string of the molecule is CCCC(=O)Nc1cc(Oc2cccc(Cl)c2)ccc1NC(=NC(=O)OC)NC(=O)OC. The highest BCUT2D eigenvalue weighted by Crippen LogP contribution is 2.31. The Morgan fingerprint density at radius 3 is 2.38 bits per heavy atom. The Balaban J connectivity index is 2.37. The number of methoxy groups -OCH3 is 2. The van der Waals surface area contributed by atoms with Crippen molar-refractivity contribution in [2.75, 3.05) is 24.9 Å². The largest absolute Gasteiger partial charge is 0.457 e. The van der Waals surface area contributed by atoms with E-state index in [4.69, 9.17) is 16.3 Å². The molecule has 2 aromatic carbocycles. The monoisotopic (exact) mass is 462 g/mol. The van der Waals surface area contributed by atoms with Crippen molar-refractivity contribution in [2.45, 2.75) is 19.8 Å². The molecule has 0 fully saturated rings. The number of benzene rings is 2. The number of guanidine groups is 1. The first-order valence-corrected chi connectivity index (χ1v) is 9.88. The topological polar surface area (TPSA) is 127 Å². The first-order chi connectivity index (χ1) is 15.3. The summed E-state index contributed by atoms with van der Waals surface area (Å²) < 4.78 is 14.8. The van der Waals surface area contributed by atoms with Crippen LogP contribution < -0.4 is 20.7 Å². The van der Waals surface area contributed by atoms with E-state index in [2.05, 4.69) is 30.4 Å². The Kier molecular flexibility index (Phi) is 9.30. The van der Waals surface area contributed by atoms with E-state index in [0.29, 0.717) is 40.7 Å². The van der Waals surface area contributed by atoms with Crippen molar-refractivity contribution in [2.24, 2.45) is 4.99 Å². The number of hydrogen-bond donors (Lipinski definition) is 3. The molecule has 10 nitrogen and oxygen atoms in total. The van der Waals surface area contributed by atoms with E-state index >= 15 is 0 Å². The number of alkyl carbamates (subject to hydrolysis) is 1. The molecule has 3 N–H and O–H groups in total. The molecule has 0 radical (unpaired) electrons. The van der Waals surface area contributed by atoms with Gasteiger partial charge in [-0.2, -0.15) is 0 Å². The van der Waals surface area contributed by atoms with Crippen LogP contribution in [0.1, 0.15) is 19.8 Å². The van der Waals surface area contributed by atoms with Crippen molar-refractivity contribution in [1.29, 1.82) is 0 Å². The number of hydrogen-bond acceptors (Lipinski definition) is 6. The second-order valence-corrected chi connectivity index (χ2v) is 6.67. The average Bonchev–Trinajstić information content (AvgIpc) is 2.75. The summed E-state index contributed by atoms with van der Waals surface area (Å²) in [6.07, 6.45) is -0.881. The van der Waals surface area contributed by atoms with Gasteiger partial charge in [0.1, 0.15) is 11.5 Å². The number of carbonyl (C=O) groups is 3. The molecule has 0 bridgehead atoms. The van der Waals surface area contributed by atoms with Crippen LogP contribution in [0.3, 0.4) is 0 Å². The summed E-state index contributed by atoms with van der Waals surface area (Å²) in [5.41, 5.74) is 0.652. The number of nitrogens with one attached hydrogen (secondary N) is 3. The molecule has 2 rings (SSSR count). The lowest BCUT2D eigenvalue weighted by Gasteiger charge is -2.16. The van der Waals surface area contributed by atoms with Gasteiger partial charge in [0, 0.05) is 17.5 Å². The Hall–Kier alpha value is -3.79. The molecule has 0 aliphatic heterocycles. The third-order valence-electron chi connectivity index (χ3n) is 3.81. The van der Waals surface area contributed by atoms with Crippen LogP contribution in [0.5, 0.6) is 11.5 Å². The molecule has 0 heterocycles. The van der Waals surface area contributed by atoms with Crippen molar-refractivity contribution >= 4 is 47.0 Å². The van der Waals surface area contributed by atoms with Crippen LogP contribution in [-0.4, -0.2) is 38.3 Å². The molecule has 170 valence electrons. The standard InChI is InChI=1S/C21H23ClN4O6/c1-4-6-18(27)23-17-12-15(32-14-8-5-7-13(22)11-14)9-10-16(17)24-19(25-20(28)30-2)26-21(29)31-3/h5,7-12H,4,6H2,1-3H3,(H,23,27)(H2,24,25,26,28,29). The number of anilines is 2. The zero-order valence-corrected chi connectivity index (χ0v) is 18.5. The van der Waals surface area contributed by atoms with E-state index in [9.17, 15) is 14.4 Å². The molecule has 0 saturated carbocycles. The Morgan fingerprint density at radius 2 is 1.72 bits per heavy atom. The van der Waals surface area contributed by atoms with Crippen LogP contribution in [0.4, 0.5) is 21.0 Å². The molecular weight excluding hydrogens is 440 g/mol. The van der Waals surface area contributed by atoms with Gasteiger partial charge in [0.15, 0.2) is 0 Å². The van der Waals surface area contributed by atoms with Crippen molar-refractivity contribution in [1.82, 2.24) is 5.32 Å². The normalized spacial score (nSPS) is 10.7. The molecule has 2 aromatic rings. The van der Waals surface area contributed by atoms with Crippen LogP contribution in [0.2, 0.25) is 5.02 Å². The lowest BCUT2D eigenvalue weighted by atomic mass is 10.2. The summed E-state index contributed by atoms with van der Waals surface area (Å²) in [6.45, 7) is 1.87. The van der Waals surface area contributed by atoms with Crippen LogP contribution in [0, 0.1) is 0 Å². The third kappa shape index (κ3) is 7.80. The van der Waals surface area contributed by atoms with E-state index in [1.54, 1.807) is 42.5 Å². The second kappa shape index (κ2) is 12.2. The summed E-state index contributed by atoms with van der Waals surface area (Å²) in [7, 11) is 2.30. The molecule has 3 amide bonds. The average molecular weight is 463 g/mol. The van der Waals surface area contributed by atoms with Gasteiger partial charge in [0.2, 0.25) is 11.9 Å². The fraction of sp³-hybridized carbons (Fsp3) is 0.238. The van der Waals surface area contributed by atoms with Crippen molar-refractivity contribution in [3.05, 3.63) is 47.5 Å². The maximum Gasteiger partial charge on any atom is 0.436 e. The van der Waals surface area contributed by atoms with E-state index in [0.717, 1.165) is 14.2 Å². The summed E-state index contributed by atoms with van der Waals surface area (Å²) in [6, 6.07) is 11.6. The number of aliphatic imine (C=N–C) groups is 1. The predicted molar refractivity (Wildman–Crippen MR) is 121 cm³/mol. The summed E-state index contributed by atoms with van der Waals surface area (Å²) >= 11 is 5.99. The van der Waals surface area contributed by atoms with Crippen molar-refractivity contribution in [3.8, 4) is 11.5 Å². The molecule has 0 saturated heterocycles. The van der Waals surface area contributed by atoms with Gasteiger partial charge in [-0.15, -0.1) is 4.99 Å². The van der Waals surface area contributed by atoms with Gasteiger partial charge in [0.05, 0.1) is 25.6 Å². The van der Waals surface area contributed by atoms with E-state index in [1.165, 1.54) is 0 Å². The first kappa shape index (κ1) is 24.5. The van der Waals surface area contributed by atoms with E-state index in [-0.39, 0.29) is 11.9 Å². The Labute approximate surface area is 189 Å². The Morgan fingerprint density at radius 1 is 0.969 bits per heavy atom. The lowest BCUT2D eigenvalue weighted by Crippen LogP contribution is -2.36. The van der Waals surface area contributed by atoms with Gasteiger partial charge >= 0.3 is 12.2 Å². The molecular formula is C21H23ClN4O6. The van der Waals surface area contributed by atoms with E-state index < -0.39 is 12.2 Å². The molecule has 0 aliphatic rings. The van der Waals surface area contributed by atoms with Gasteiger partial charge in [-0.3, -0.25) is 10.1 Å². The highest BCUT2D eigenvalue weighted by Gasteiger charge is 2.14. The quantitative estimate of drug-likeness (QED) is 0.417. The molecule has 0 unspecified atom stereocenters. The molecule has 11 heteroatoms. The second-order valence-electron chi connectivity index (χ2n) is 6.24. The summed E-state index contributed by atoms with van der Waals surface area (Å²) in [5, 5.41) is 8.31. The first-order valence-electron chi connectivity index (χ1n) is 9.50. The van der Waals surface area contributed by atoms with Gasteiger partial charge in [-0.25, -0.2) is 9.59 Å². The number of rotatable bonds is 6. The fourth-order valence-electron chi connectivity index (χ4n) is 2.40. The van der Waals surface area contributed by atoms with E-state index in [1.807, 2.05) is 6.92 Å². The number of amides is 3. The zero-order valence-electron chi connectivity index (χ0n) is 17.7. The van der Waals surface area contributed by atoms with Gasteiger partial charge in [-0.05, 0) is 36.8 Å².